The highest BCUT2D eigenvalue weighted by Gasteiger charge is 2.45. The molecule has 1 atom stereocenters. The summed E-state index contributed by atoms with van der Waals surface area (Å²) in [5.41, 5.74) is -1.45. The fourth-order valence-corrected chi connectivity index (χ4v) is 4.10. The summed E-state index contributed by atoms with van der Waals surface area (Å²) in [5.74, 6) is 0.233. The van der Waals surface area contributed by atoms with Gasteiger partial charge >= 0.3 is 6.09 Å². The fourth-order valence-electron chi connectivity index (χ4n) is 4.10. The molecule has 0 spiro atoms. The van der Waals surface area contributed by atoms with Crippen LogP contribution in [0.15, 0.2) is 24.4 Å². The molecule has 0 fully saturated rings. The summed E-state index contributed by atoms with van der Waals surface area (Å²) in [6.45, 7) is 9.05. The standard InChI is InChI=1S/C25H38FN3O4/c1-6-7-8-9-10-11-14-33-18-12-13-19(20(26)15-18)21-16-27-22(28-21)25(5,17-30)29(23(31)32)24(2,3)4/h12-13,15-16,30H,6-11,14,17H2,1-5H3,(H,27,28)(H,31,32). The Morgan fingerprint density at radius 1 is 1.15 bits per heavy atom. The molecule has 0 aliphatic heterocycles. The fraction of sp³-hybridized carbons (Fsp3) is 0.600. The highest BCUT2D eigenvalue weighted by Crippen LogP contribution is 2.34. The minimum atomic E-state index is -1.33. The third kappa shape index (κ3) is 6.69. The Kier molecular flexibility index (Phi) is 9.28. The molecule has 1 amide bonds. The third-order valence-corrected chi connectivity index (χ3v) is 5.75. The van der Waals surface area contributed by atoms with Gasteiger partial charge < -0.3 is 19.9 Å². The van der Waals surface area contributed by atoms with Gasteiger partial charge in [0.25, 0.3) is 0 Å². The lowest BCUT2D eigenvalue weighted by Crippen LogP contribution is -2.58. The molecule has 8 heteroatoms. The zero-order chi connectivity index (χ0) is 24.6. The molecule has 0 aliphatic carbocycles. The maximum Gasteiger partial charge on any atom is 0.408 e. The first kappa shape index (κ1) is 26.6. The number of benzene rings is 1. The zero-order valence-electron chi connectivity index (χ0n) is 20.4. The quantitative estimate of drug-likeness (QED) is 0.338. The van der Waals surface area contributed by atoms with Gasteiger partial charge in [-0.1, -0.05) is 39.0 Å². The summed E-state index contributed by atoms with van der Waals surface area (Å²) >= 11 is 0. The van der Waals surface area contributed by atoms with Gasteiger partial charge in [-0.15, -0.1) is 0 Å². The SMILES string of the molecule is CCCCCCCCOc1ccc(-c2cnc(C(C)(CO)N(C(=O)O)C(C)(C)C)[nH]2)c(F)c1. The molecule has 1 heterocycles. The Morgan fingerprint density at radius 2 is 1.82 bits per heavy atom. The summed E-state index contributed by atoms with van der Waals surface area (Å²) in [6.07, 6.45) is 7.19. The number of aliphatic hydroxyl groups is 1. The van der Waals surface area contributed by atoms with Crippen LogP contribution in [0.25, 0.3) is 11.3 Å². The predicted octanol–water partition coefficient (Wildman–Crippen LogP) is 5.94. The minimum Gasteiger partial charge on any atom is -0.493 e. The van der Waals surface area contributed by atoms with Crippen molar-refractivity contribution in [1.82, 2.24) is 14.9 Å². The van der Waals surface area contributed by atoms with Crippen LogP contribution in [0.2, 0.25) is 0 Å². The number of aliphatic hydroxyl groups excluding tert-OH is 1. The third-order valence-electron chi connectivity index (χ3n) is 5.75. The first-order valence-corrected chi connectivity index (χ1v) is 11.7. The molecule has 3 N–H and O–H groups in total. The number of H-pyrrole nitrogens is 1. The Bertz CT molecular complexity index is 909. The van der Waals surface area contributed by atoms with Crippen molar-refractivity contribution >= 4 is 6.09 Å². The molecule has 184 valence electrons. The number of amides is 1. The summed E-state index contributed by atoms with van der Waals surface area (Å²) in [7, 11) is 0. The molecule has 2 rings (SSSR count). The number of imidazole rings is 1. The first-order chi connectivity index (χ1) is 15.5. The number of rotatable bonds is 12. The number of hydrogen-bond donors (Lipinski definition) is 3. The Balaban J connectivity index is 2.13. The van der Waals surface area contributed by atoms with Crippen molar-refractivity contribution in [2.24, 2.45) is 0 Å². The number of aromatic nitrogens is 2. The number of nitrogens with zero attached hydrogens (tertiary/aromatic N) is 2. The number of carbonyl (C=O) groups is 1. The lowest BCUT2D eigenvalue weighted by molar-refractivity contribution is -0.0135. The van der Waals surface area contributed by atoms with Crippen LogP contribution in [0, 0.1) is 5.82 Å². The van der Waals surface area contributed by atoms with E-state index in [4.69, 9.17) is 4.74 Å². The highest BCUT2D eigenvalue weighted by atomic mass is 19.1. The number of aromatic amines is 1. The number of hydrogen-bond acceptors (Lipinski definition) is 4. The van der Waals surface area contributed by atoms with Gasteiger partial charge in [-0.05, 0) is 46.2 Å². The van der Waals surface area contributed by atoms with Crippen LogP contribution < -0.4 is 4.74 Å². The molecule has 2 aromatic rings. The van der Waals surface area contributed by atoms with Gasteiger partial charge in [0.15, 0.2) is 0 Å². The molecule has 7 nitrogen and oxygen atoms in total. The maximum absolute atomic E-state index is 14.8. The van der Waals surface area contributed by atoms with E-state index >= 15 is 0 Å². The largest absolute Gasteiger partial charge is 0.493 e. The van der Waals surface area contributed by atoms with Crippen molar-refractivity contribution in [3.8, 4) is 17.0 Å². The van der Waals surface area contributed by atoms with E-state index < -0.39 is 29.6 Å². The van der Waals surface area contributed by atoms with E-state index in [2.05, 4.69) is 16.9 Å². The summed E-state index contributed by atoms with van der Waals surface area (Å²) in [5, 5.41) is 19.9. The molecule has 1 unspecified atom stereocenters. The van der Waals surface area contributed by atoms with Crippen LogP contribution >= 0.6 is 0 Å². The van der Waals surface area contributed by atoms with E-state index in [1.807, 2.05) is 0 Å². The lowest BCUT2D eigenvalue weighted by atomic mass is 9.93. The average molecular weight is 464 g/mol. The molecular weight excluding hydrogens is 425 g/mol. The van der Waals surface area contributed by atoms with Crippen LogP contribution in [-0.4, -0.2) is 49.9 Å². The van der Waals surface area contributed by atoms with Crippen molar-refractivity contribution < 1.29 is 24.1 Å². The van der Waals surface area contributed by atoms with E-state index in [0.717, 1.165) is 17.7 Å². The minimum absolute atomic E-state index is 0.236. The van der Waals surface area contributed by atoms with Gasteiger partial charge in [-0.25, -0.2) is 14.2 Å². The number of ether oxygens (including phenoxy) is 1. The van der Waals surface area contributed by atoms with Crippen molar-refractivity contribution in [3.63, 3.8) is 0 Å². The van der Waals surface area contributed by atoms with Crippen LogP contribution in [0.3, 0.4) is 0 Å². The molecule has 33 heavy (non-hydrogen) atoms. The average Bonchev–Trinajstić information content (AvgIpc) is 3.22. The molecule has 0 aliphatic rings. The van der Waals surface area contributed by atoms with Gasteiger partial charge in [0.1, 0.15) is 22.9 Å². The Morgan fingerprint density at radius 3 is 2.39 bits per heavy atom. The van der Waals surface area contributed by atoms with Crippen molar-refractivity contribution in [3.05, 3.63) is 36.0 Å². The molecule has 1 aromatic carbocycles. The van der Waals surface area contributed by atoms with E-state index in [9.17, 15) is 19.4 Å². The molecule has 1 aromatic heterocycles. The topological polar surface area (TPSA) is 98.7 Å². The van der Waals surface area contributed by atoms with Crippen LogP contribution in [-0.2, 0) is 5.54 Å². The normalized spacial score (nSPS) is 13.5. The van der Waals surface area contributed by atoms with Crippen molar-refractivity contribution in [1.29, 1.82) is 0 Å². The maximum atomic E-state index is 14.8. The second kappa shape index (κ2) is 11.5. The molecule has 0 saturated carbocycles. The molecule has 0 radical (unpaired) electrons. The van der Waals surface area contributed by atoms with Crippen LogP contribution in [0.4, 0.5) is 9.18 Å². The second-order valence-corrected chi connectivity index (χ2v) is 9.62. The smallest absolute Gasteiger partial charge is 0.408 e. The van der Waals surface area contributed by atoms with E-state index in [1.165, 1.54) is 37.9 Å². The Labute approximate surface area is 196 Å². The number of unbranched alkanes of at least 4 members (excludes halogenated alkanes) is 5. The monoisotopic (exact) mass is 463 g/mol. The van der Waals surface area contributed by atoms with Gasteiger partial charge in [0.05, 0.1) is 25.1 Å². The van der Waals surface area contributed by atoms with Crippen molar-refractivity contribution in [2.45, 2.75) is 84.2 Å². The number of nitrogens with one attached hydrogen (secondary N) is 1. The summed E-state index contributed by atoms with van der Waals surface area (Å²) in [4.78, 5) is 20.4. The number of carboxylic acid groups (broad SMARTS) is 1. The summed E-state index contributed by atoms with van der Waals surface area (Å²) < 4.78 is 20.5. The molecule has 0 saturated heterocycles. The van der Waals surface area contributed by atoms with Gasteiger partial charge in [0.2, 0.25) is 0 Å². The van der Waals surface area contributed by atoms with Gasteiger partial charge in [0, 0.05) is 17.2 Å². The lowest BCUT2D eigenvalue weighted by Gasteiger charge is -2.45. The number of halogens is 1. The highest BCUT2D eigenvalue weighted by molar-refractivity contribution is 5.68. The Hall–Kier alpha value is -2.61. The van der Waals surface area contributed by atoms with E-state index in [0.29, 0.717) is 23.6 Å². The first-order valence-electron chi connectivity index (χ1n) is 11.7. The predicted molar refractivity (Wildman–Crippen MR) is 127 cm³/mol. The van der Waals surface area contributed by atoms with Crippen LogP contribution in [0.1, 0.15) is 79.0 Å². The molecular formula is C25H38FN3O4. The van der Waals surface area contributed by atoms with Gasteiger partial charge in [-0.2, -0.15) is 0 Å². The van der Waals surface area contributed by atoms with E-state index in [1.54, 1.807) is 39.8 Å². The summed E-state index contributed by atoms with van der Waals surface area (Å²) in [6, 6.07) is 4.66. The van der Waals surface area contributed by atoms with Crippen LogP contribution in [0.5, 0.6) is 5.75 Å². The second-order valence-electron chi connectivity index (χ2n) is 9.62. The molecule has 0 bridgehead atoms. The van der Waals surface area contributed by atoms with Crippen molar-refractivity contribution in [2.75, 3.05) is 13.2 Å². The van der Waals surface area contributed by atoms with Gasteiger partial charge in [-0.3, -0.25) is 4.90 Å². The van der Waals surface area contributed by atoms with E-state index in [-0.39, 0.29) is 5.82 Å². The zero-order valence-corrected chi connectivity index (χ0v) is 20.4.